The molecule has 0 bridgehead atoms. The largest absolute Gasteiger partial charge is 0.369 e. The van der Waals surface area contributed by atoms with Gasteiger partial charge in [-0.05, 0) is 12.7 Å². The third kappa shape index (κ3) is 5.78. The van der Waals surface area contributed by atoms with E-state index in [-0.39, 0.29) is 30.3 Å². The number of halogens is 1. The van der Waals surface area contributed by atoms with E-state index in [0.717, 1.165) is 0 Å². The number of carbonyl (C=O) groups is 2. The summed E-state index contributed by atoms with van der Waals surface area (Å²) in [5.74, 6) is -0.510. The van der Waals surface area contributed by atoms with Gasteiger partial charge in [-0.3, -0.25) is 14.5 Å². The van der Waals surface area contributed by atoms with Crippen LogP contribution in [0.5, 0.6) is 0 Å². The summed E-state index contributed by atoms with van der Waals surface area (Å²) in [7, 11) is 0. The van der Waals surface area contributed by atoms with Gasteiger partial charge in [0.15, 0.2) is 0 Å². The van der Waals surface area contributed by atoms with Crippen molar-refractivity contribution in [1.82, 2.24) is 10.2 Å². The van der Waals surface area contributed by atoms with Gasteiger partial charge in [-0.25, -0.2) is 4.39 Å². The summed E-state index contributed by atoms with van der Waals surface area (Å²) in [6, 6.07) is -0.143. The van der Waals surface area contributed by atoms with Crippen molar-refractivity contribution in [3.05, 3.63) is 0 Å². The van der Waals surface area contributed by atoms with Crippen LogP contribution in [0.1, 0.15) is 19.8 Å². The highest BCUT2D eigenvalue weighted by Crippen LogP contribution is 2.19. The number of nitrogens with two attached hydrogens (primary N) is 1. The zero-order valence-electron chi connectivity index (χ0n) is 11.4. The van der Waals surface area contributed by atoms with Crippen LogP contribution < -0.4 is 11.1 Å². The summed E-state index contributed by atoms with van der Waals surface area (Å²) in [4.78, 5) is 24.2. The van der Waals surface area contributed by atoms with Crippen LogP contribution in [0.3, 0.4) is 0 Å². The number of primary amides is 1. The third-order valence-electron chi connectivity index (χ3n) is 3.25. The summed E-state index contributed by atoms with van der Waals surface area (Å²) in [5.41, 5.74) is 5.13. The second-order valence-corrected chi connectivity index (χ2v) is 6.21. The number of rotatable bonds is 7. The van der Waals surface area contributed by atoms with Crippen molar-refractivity contribution in [3.8, 4) is 0 Å². The number of carbonyl (C=O) groups excluding carboxylic acids is 2. The number of hydrogen-bond donors (Lipinski definition) is 2. The minimum atomic E-state index is -0.952. The van der Waals surface area contributed by atoms with Crippen LogP contribution >= 0.6 is 11.8 Å². The Kier molecular flexibility index (Phi) is 6.57. The summed E-state index contributed by atoms with van der Waals surface area (Å²) >= 11 is 1.63. The highest BCUT2D eigenvalue weighted by molar-refractivity contribution is 7.99. The second kappa shape index (κ2) is 7.69. The van der Waals surface area contributed by atoms with Gasteiger partial charge in [0, 0.05) is 30.8 Å². The fraction of sp³-hybridized carbons (Fsp3) is 0.833. The third-order valence-corrected chi connectivity index (χ3v) is 4.22. The average molecular weight is 291 g/mol. The normalized spacial score (nSPS) is 25.2. The van der Waals surface area contributed by atoms with E-state index < -0.39 is 12.1 Å². The topological polar surface area (TPSA) is 75.4 Å². The zero-order chi connectivity index (χ0) is 14.4. The number of likely N-dealkylation sites (tertiary alicyclic amines) is 1. The van der Waals surface area contributed by atoms with Gasteiger partial charge in [0.05, 0.1) is 6.54 Å². The zero-order valence-corrected chi connectivity index (χ0v) is 12.2. The fourth-order valence-electron chi connectivity index (χ4n) is 2.18. The first-order valence-electron chi connectivity index (χ1n) is 6.38. The van der Waals surface area contributed by atoms with Gasteiger partial charge >= 0.3 is 0 Å². The number of amides is 2. The molecule has 1 fully saturated rings. The van der Waals surface area contributed by atoms with Gasteiger partial charge < -0.3 is 11.1 Å². The predicted octanol–water partition coefficient (Wildman–Crippen LogP) is 0.142. The first-order valence-corrected chi connectivity index (χ1v) is 7.67. The molecule has 0 aromatic carbocycles. The Labute approximate surface area is 117 Å². The SMILES string of the molecule is CS[C@@H](C)CC(=O)NC[C@@H]1C[C@H](F)CN1CC(N)=O. The summed E-state index contributed by atoms with van der Waals surface area (Å²) in [5, 5.41) is 3.06. The standard InChI is InChI=1S/C12H22FN3O2S/c1-8(19-2)3-12(18)15-5-10-4-9(13)6-16(10)7-11(14)17/h8-10H,3-7H2,1-2H3,(H2,14,17)(H,15,18)/t8-,9-,10-/m0/s1. The van der Waals surface area contributed by atoms with Crippen molar-refractivity contribution in [3.63, 3.8) is 0 Å². The molecule has 3 atom stereocenters. The molecule has 7 heteroatoms. The van der Waals surface area contributed by atoms with Gasteiger partial charge in [0.2, 0.25) is 11.8 Å². The molecule has 0 aliphatic carbocycles. The smallest absolute Gasteiger partial charge is 0.231 e. The molecule has 1 aliphatic heterocycles. The van der Waals surface area contributed by atoms with Crippen LogP contribution in [-0.4, -0.2) is 60.1 Å². The maximum atomic E-state index is 13.4. The maximum Gasteiger partial charge on any atom is 0.231 e. The maximum absolute atomic E-state index is 13.4. The van der Waals surface area contributed by atoms with E-state index in [1.54, 1.807) is 16.7 Å². The van der Waals surface area contributed by atoms with E-state index in [0.29, 0.717) is 19.4 Å². The van der Waals surface area contributed by atoms with Crippen LogP contribution in [0.15, 0.2) is 0 Å². The van der Waals surface area contributed by atoms with Crippen molar-refractivity contribution in [2.24, 2.45) is 5.73 Å². The lowest BCUT2D eigenvalue weighted by Gasteiger charge is -2.22. The first kappa shape index (κ1) is 16.2. The molecule has 0 aromatic rings. The monoisotopic (exact) mass is 291 g/mol. The lowest BCUT2D eigenvalue weighted by molar-refractivity contribution is -0.121. The minimum absolute atomic E-state index is 0.0387. The molecule has 110 valence electrons. The summed E-state index contributed by atoms with van der Waals surface area (Å²) < 4.78 is 13.4. The fourth-order valence-corrected chi connectivity index (χ4v) is 2.49. The highest BCUT2D eigenvalue weighted by Gasteiger charge is 2.32. The predicted molar refractivity (Wildman–Crippen MR) is 74.7 cm³/mol. The summed E-state index contributed by atoms with van der Waals surface area (Å²) in [6.45, 7) is 2.61. The number of nitrogens with one attached hydrogen (secondary N) is 1. The molecule has 1 heterocycles. The van der Waals surface area contributed by atoms with Crippen LogP contribution in [0.4, 0.5) is 4.39 Å². The number of nitrogens with zero attached hydrogens (tertiary/aromatic N) is 1. The van der Waals surface area contributed by atoms with Gasteiger partial charge in [-0.15, -0.1) is 0 Å². The lowest BCUT2D eigenvalue weighted by atomic mass is 10.2. The Balaban J connectivity index is 2.37. The van der Waals surface area contributed by atoms with Crippen molar-refractivity contribution < 1.29 is 14.0 Å². The van der Waals surface area contributed by atoms with Gasteiger partial charge in [-0.1, -0.05) is 6.92 Å². The van der Waals surface area contributed by atoms with Crippen LogP contribution in [-0.2, 0) is 9.59 Å². The van der Waals surface area contributed by atoms with Crippen molar-refractivity contribution in [1.29, 1.82) is 0 Å². The Morgan fingerprint density at radius 3 is 2.84 bits per heavy atom. The molecule has 19 heavy (non-hydrogen) atoms. The molecule has 1 saturated heterocycles. The Hall–Kier alpha value is -0.820. The number of alkyl halides is 1. The van der Waals surface area contributed by atoms with Crippen LogP contribution in [0.25, 0.3) is 0 Å². The van der Waals surface area contributed by atoms with E-state index in [9.17, 15) is 14.0 Å². The Morgan fingerprint density at radius 2 is 2.26 bits per heavy atom. The molecule has 0 aromatic heterocycles. The molecule has 0 unspecified atom stereocenters. The molecule has 5 nitrogen and oxygen atoms in total. The molecule has 1 rings (SSSR count). The number of hydrogen-bond acceptors (Lipinski definition) is 4. The molecule has 1 aliphatic rings. The van der Waals surface area contributed by atoms with E-state index in [2.05, 4.69) is 5.32 Å². The lowest BCUT2D eigenvalue weighted by Crippen LogP contribution is -2.43. The van der Waals surface area contributed by atoms with Gasteiger partial charge in [0.25, 0.3) is 0 Å². The molecule has 0 saturated carbocycles. The molecular weight excluding hydrogens is 269 g/mol. The summed E-state index contributed by atoms with van der Waals surface area (Å²) in [6.07, 6.45) is 1.79. The number of thioether (sulfide) groups is 1. The quantitative estimate of drug-likeness (QED) is 0.700. The highest BCUT2D eigenvalue weighted by atomic mass is 32.2. The van der Waals surface area contributed by atoms with E-state index in [1.165, 1.54) is 0 Å². The second-order valence-electron chi connectivity index (χ2n) is 4.94. The van der Waals surface area contributed by atoms with Gasteiger partial charge in [0.1, 0.15) is 6.17 Å². The Bertz CT molecular complexity index is 330. The van der Waals surface area contributed by atoms with Crippen molar-refractivity contribution in [2.75, 3.05) is 25.9 Å². The van der Waals surface area contributed by atoms with Crippen molar-refractivity contribution in [2.45, 2.75) is 37.2 Å². The van der Waals surface area contributed by atoms with E-state index in [4.69, 9.17) is 5.73 Å². The minimum Gasteiger partial charge on any atom is -0.369 e. The van der Waals surface area contributed by atoms with Crippen molar-refractivity contribution >= 4 is 23.6 Å². The van der Waals surface area contributed by atoms with Crippen LogP contribution in [0.2, 0.25) is 0 Å². The molecular formula is C12H22FN3O2S. The van der Waals surface area contributed by atoms with E-state index >= 15 is 0 Å². The molecule has 0 radical (unpaired) electrons. The molecule has 3 N–H and O–H groups in total. The van der Waals surface area contributed by atoms with Crippen LogP contribution in [0, 0.1) is 0 Å². The van der Waals surface area contributed by atoms with Gasteiger partial charge in [-0.2, -0.15) is 11.8 Å². The molecule has 2 amide bonds. The average Bonchev–Trinajstić information content (AvgIpc) is 2.65. The van der Waals surface area contributed by atoms with E-state index in [1.807, 2.05) is 13.2 Å². The first-order chi connectivity index (χ1) is 8.92. The Morgan fingerprint density at radius 1 is 1.58 bits per heavy atom. The molecule has 0 spiro atoms.